The Morgan fingerprint density at radius 1 is 1.14 bits per heavy atom. The molecule has 2 aromatic heterocycles. The Hall–Kier alpha value is -3.26. The molecule has 1 amide bonds. The number of para-hydroxylation sites is 1. The van der Waals surface area contributed by atoms with Gasteiger partial charge < -0.3 is 10.3 Å². The van der Waals surface area contributed by atoms with E-state index in [1.165, 1.54) is 18.7 Å². The van der Waals surface area contributed by atoms with Crippen LogP contribution in [0.1, 0.15) is 30.6 Å². The van der Waals surface area contributed by atoms with E-state index in [0.717, 1.165) is 10.9 Å². The lowest BCUT2D eigenvalue weighted by atomic mass is 10.1. The van der Waals surface area contributed by atoms with Crippen molar-refractivity contribution < 1.29 is 9.59 Å². The number of hydrogen-bond acceptors (Lipinski definition) is 6. The predicted octanol–water partition coefficient (Wildman–Crippen LogP) is 4.22. The molecule has 0 aliphatic carbocycles. The molecule has 0 unspecified atom stereocenters. The van der Waals surface area contributed by atoms with Crippen molar-refractivity contribution in [3.63, 3.8) is 0 Å². The fraction of sp³-hybridized carbons (Fsp3) is 0.190. The number of Topliss-reactive ketones (excluding diaryl/α,β-unsaturated/α-hetero) is 1. The fourth-order valence-corrected chi connectivity index (χ4v) is 3.86. The molecule has 0 bridgehead atoms. The number of fused-ring (bicyclic) bond motifs is 3. The molecule has 29 heavy (non-hydrogen) atoms. The van der Waals surface area contributed by atoms with Gasteiger partial charge in [-0.3, -0.25) is 9.59 Å². The minimum Gasteiger partial charge on any atom is -0.338 e. The highest BCUT2D eigenvalue weighted by molar-refractivity contribution is 8.00. The monoisotopic (exact) mass is 405 g/mol. The Balaban J connectivity index is 1.53. The van der Waals surface area contributed by atoms with Crippen molar-refractivity contribution in [2.75, 3.05) is 5.32 Å². The van der Waals surface area contributed by atoms with Crippen LogP contribution in [0.2, 0.25) is 0 Å². The Labute approximate surface area is 171 Å². The number of hydrogen-bond donors (Lipinski definition) is 2. The first kappa shape index (κ1) is 19.1. The quantitative estimate of drug-likeness (QED) is 0.368. The molecule has 0 spiro atoms. The maximum Gasteiger partial charge on any atom is 0.237 e. The molecule has 0 aliphatic rings. The second kappa shape index (κ2) is 8.00. The van der Waals surface area contributed by atoms with Gasteiger partial charge in [0.1, 0.15) is 5.52 Å². The number of nitrogens with zero attached hydrogens (tertiary/aromatic N) is 3. The van der Waals surface area contributed by atoms with Crippen LogP contribution in [-0.2, 0) is 4.79 Å². The first-order valence-corrected chi connectivity index (χ1v) is 10.1. The molecule has 1 atom stereocenters. The number of carbonyl (C=O) groups is 2. The number of benzene rings is 2. The van der Waals surface area contributed by atoms with Crippen LogP contribution >= 0.6 is 11.8 Å². The van der Waals surface area contributed by atoms with E-state index in [0.29, 0.717) is 34.0 Å². The molecule has 4 rings (SSSR count). The van der Waals surface area contributed by atoms with Gasteiger partial charge in [-0.25, -0.2) is 4.98 Å². The Kier molecular flexibility index (Phi) is 5.26. The van der Waals surface area contributed by atoms with Gasteiger partial charge in [-0.15, -0.1) is 10.2 Å². The molecule has 0 fully saturated rings. The van der Waals surface area contributed by atoms with Gasteiger partial charge in [-0.05, 0) is 31.5 Å². The van der Waals surface area contributed by atoms with Gasteiger partial charge in [-0.1, -0.05) is 49.0 Å². The first-order valence-electron chi connectivity index (χ1n) is 9.25. The summed E-state index contributed by atoms with van der Waals surface area (Å²) in [6.45, 7) is 3.42. The molecule has 0 aliphatic heterocycles. The molecule has 7 nitrogen and oxygen atoms in total. The van der Waals surface area contributed by atoms with Crippen molar-refractivity contribution in [3.8, 4) is 0 Å². The highest BCUT2D eigenvalue weighted by Gasteiger charge is 2.21. The number of rotatable bonds is 6. The summed E-state index contributed by atoms with van der Waals surface area (Å²) in [6, 6.07) is 14.7. The lowest BCUT2D eigenvalue weighted by molar-refractivity contribution is -0.115. The van der Waals surface area contributed by atoms with E-state index in [9.17, 15) is 9.59 Å². The molecule has 0 saturated carbocycles. The molecular formula is C21H19N5O2S. The van der Waals surface area contributed by atoms with E-state index in [4.69, 9.17) is 0 Å². The maximum absolute atomic E-state index is 12.7. The summed E-state index contributed by atoms with van der Waals surface area (Å²) in [6.07, 6.45) is 0.594. The van der Waals surface area contributed by atoms with Gasteiger partial charge in [0.05, 0.1) is 5.25 Å². The molecular weight excluding hydrogens is 386 g/mol. The summed E-state index contributed by atoms with van der Waals surface area (Å²) in [7, 11) is 0. The minimum atomic E-state index is -0.389. The van der Waals surface area contributed by atoms with Crippen LogP contribution in [0.5, 0.6) is 0 Å². The zero-order chi connectivity index (χ0) is 20.4. The standard InChI is InChI=1S/C21H19N5O2S/c1-3-17(20(28)22-14-8-6-7-13(11-14)12(2)27)29-21-24-19-18(25-26-21)15-9-4-5-10-16(15)23-19/h4-11,17H,3H2,1-2H3,(H,22,28)(H,23,24,26)/t17-/m0/s1. The normalized spacial score (nSPS) is 12.2. The van der Waals surface area contributed by atoms with E-state index in [1.54, 1.807) is 24.3 Å². The number of aromatic amines is 1. The number of anilines is 1. The van der Waals surface area contributed by atoms with Crippen LogP contribution in [0.3, 0.4) is 0 Å². The van der Waals surface area contributed by atoms with Crippen LogP contribution in [-0.4, -0.2) is 37.1 Å². The third kappa shape index (κ3) is 3.97. The minimum absolute atomic E-state index is 0.0476. The van der Waals surface area contributed by atoms with Crippen molar-refractivity contribution in [1.29, 1.82) is 0 Å². The van der Waals surface area contributed by atoms with Crippen LogP contribution < -0.4 is 5.32 Å². The fourth-order valence-electron chi connectivity index (χ4n) is 3.04. The lowest BCUT2D eigenvalue weighted by Gasteiger charge is -2.14. The maximum atomic E-state index is 12.7. The number of aromatic nitrogens is 4. The average molecular weight is 405 g/mol. The molecule has 2 heterocycles. The van der Waals surface area contributed by atoms with E-state index >= 15 is 0 Å². The van der Waals surface area contributed by atoms with E-state index in [-0.39, 0.29) is 16.9 Å². The molecule has 2 N–H and O–H groups in total. The Morgan fingerprint density at radius 2 is 1.97 bits per heavy atom. The van der Waals surface area contributed by atoms with Crippen molar-refractivity contribution in [2.45, 2.75) is 30.7 Å². The SMILES string of the molecule is CC[C@H](Sc1nnc2c(n1)[nH]c1ccccc12)C(=O)Nc1cccc(C(C)=O)c1. The van der Waals surface area contributed by atoms with Crippen molar-refractivity contribution >= 4 is 51.2 Å². The summed E-state index contributed by atoms with van der Waals surface area (Å²) < 4.78 is 0. The number of nitrogens with one attached hydrogen (secondary N) is 2. The lowest BCUT2D eigenvalue weighted by Crippen LogP contribution is -2.25. The number of carbonyl (C=O) groups excluding carboxylic acids is 2. The highest BCUT2D eigenvalue weighted by atomic mass is 32.2. The Morgan fingerprint density at radius 3 is 2.76 bits per heavy atom. The summed E-state index contributed by atoms with van der Waals surface area (Å²) in [5, 5.41) is 12.4. The van der Waals surface area contributed by atoms with Gasteiger partial charge in [-0.2, -0.15) is 0 Å². The molecule has 0 saturated heterocycles. The van der Waals surface area contributed by atoms with Crippen LogP contribution in [0, 0.1) is 0 Å². The van der Waals surface area contributed by atoms with Crippen molar-refractivity contribution in [2.24, 2.45) is 0 Å². The number of H-pyrrole nitrogens is 1. The number of thioether (sulfide) groups is 1. The first-order chi connectivity index (χ1) is 14.0. The summed E-state index contributed by atoms with van der Waals surface area (Å²) >= 11 is 1.27. The zero-order valence-corrected chi connectivity index (χ0v) is 16.8. The van der Waals surface area contributed by atoms with E-state index in [2.05, 4.69) is 25.5 Å². The third-order valence-corrected chi connectivity index (χ3v) is 5.77. The van der Waals surface area contributed by atoms with Gasteiger partial charge in [0.2, 0.25) is 11.1 Å². The van der Waals surface area contributed by atoms with Crippen LogP contribution in [0.15, 0.2) is 53.7 Å². The van der Waals surface area contributed by atoms with Crippen molar-refractivity contribution in [1.82, 2.24) is 20.2 Å². The summed E-state index contributed by atoms with van der Waals surface area (Å²) in [5.74, 6) is -0.216. The summed E-state index contributed by atoms with van der Waals surface area (Å²) in [4.78, 5) is 32.0. The van der Waals surface area contributed by atoms with Crippen molar-refractivity contribution in [3.05, 3.63) is 54.1 Å². The largest absolute Gasteiger partial charge is 0.338 e. The van der Waals surface area contributed by atoms with Gasteiger partial charge in [0.15, 0.2) is 11.4 Å². The number of amides is 1. The second-order valence-corrected chi connectivity index (χ2v) is 7.77. The summed E-state index contributed by atoms with van der Waals surface area (Å²) in [5.41, 5.74) is 3.45. The van der Waals surface area contributed by atoms with Crippen LogP contribution in [0.4, 0.5) is 5.69 Å². The van der Waals surface area contributed by atoms with Gasteiger partial charge in [0.25, 0.3) is 0 Å². The van der Waals surface area contributed by atoms with Gasteiger partial charge >= 0.3 is 0 Å². The van der Waals surface area contributed by atoms with Gasteiger partial charge in [0, 0.05) is 22.2 Å². The molecule has 4 aromatic rings. The second-order valence-electron chi connectivity index (χ2n) is 6.60. The van der Waals surface area contributed by atoms with Crippen LogP contribution in [0.25, 0.3) is 22.1 Å². The van der Waals surface area contributed by atoms with E-state index < -0.39 is 0 Å². The molecule has 2 aromatic carbocycles. The van der Waals surface area contributed by atoms with E-state index in [1.807, 2.05) is 31.2 Å². The molecule has 0 radical (unpaired) electrons. The predicted molar refractivity (Wildman–Crippen MR) is 114 cm³/mol. The highest BCUT2D eigenvalue weighted by Crippen LogP contribution is 2.27. The number of ketones is 1. The Bertz CT molecular complexity index is 1220. The third-order valence-electron chi connectivity index (χ3n) is 4.55. The zero-order valence-electron chi connectivity index (χ0n) is 16.0. The molecule has 146 valence electrons. The smallest absolute Gasteiger partial charge is 0.237 e. The molecule has 8 heteroatoms. The average Bonchev–Trinajstić information content (AvgIpc) is 3.09. The topological polar surface area (TPSA) is 101 Å².